The number of guanidine groups is 1. The van der Waals surface area contributed by atoms with Gasteiger partial charge < -0.3 is 20.4 Å². The fourth-order valence-electron chi connectivity index (χ4n) is 2.88. The van der Waals surface area contributed by atoms with Gasteiger partial charge in [0.1, 0.15) is 6.54 Å². The van der Waals surface area contributed by atoms with Crippen LogP contribution in [0.4, 0.5) is 5.69 Å². The predicted molar refractivity (Wildman–Crippen MR) is 125 cm³/mol. The summed E-state index contributed by atoms with van der Waals surface area (Å²) in [5.41, 5.74) is 0.900. The first-order valence-electron chi connectivity index (χ1n) is 9.13. The number of nitrogens with zero attached hydrogens (tertiary/aromatic N) is 3. The topological polar surface area (TPSA) is 60.0 Å². The summed E-state index contributed by atoms with van der Waals surface area (Å²) >= 11 is 6.10. The summed E-state index contributed by atoms with van der Waals surface area (Å²) < 4.78 is 0. The Balaban J connectivity index is 0.00000364. The molecule has 0 atom stereocenters. The molecule has 2 rings (SSSR count). The molecule has 1 aliphatic heterocycles. The fraction of sp³-hybridized carbons (Fsp3) is 0.579. The molecule has 1 aromatic rings. The molecule has 0 spiro atoms. The lowest BCUT2D eigenvalue weighted by Crippen LogP contribution is -2.53. The molecule has 27 heavy (non-hydrogen) atoms. The molecule has 0 radical (unpaired) electrons. The first kappa shape index (κ1) is 23.8. The number of anilines is 1. The maximum Gasteiger partial charge on any atom is 0.242 e. The van der Waals surface area contributed by atoms with Gasteiger partial charge in [-0.2, -0.15) is 0 Å². The third-order valence-electron chi connectivity index (χ3n) is 3.97. The van der Waals surface area contributed by atoms with E-state index in [0.29, 0.717) is 0 Å². The molecular formula is C19H31ClIN5O. The van der Waals surface area contributed by atoms with Crippen LogP contribution in [0.1, 0.15) is 27.7 Å². The summed E-state index contributed by atoms with van der Waals surface area (Å²) in [4.78, 5) is 21.1. The van der Waals surface area contributed by atoms with Crippen molar-refractivity contribution in [2.45, 2.75) is 33.2 Å². The molecule has 1 amide bonds. The van der Waals surface area contributed by atoms with Gasteiger partial charge in [0.2, 0.25) is 5.91 Å². The maximum atomic E-state index is 12.0. The molecule has 152 valence electrons. The molecule has 1 heterocycles. The first-order valence-corrected chi connectivity index (χ1v) is 9.51. The van der Waals surface area contributed by atoms with Gasteiger partial charge in [-0.05, 0) is 45.9 Å². The Morgan fingerprint density at radius 1 is 1.22 bits per heavy atom. The lowest BCUT2D eigenvalue weighted by atomic mass is 10.1. The molecule has 0 saturated carbocycles. The smallest absolute Gasteiger partial charge is 0.242 e. The van der Waals surface area contributed by atoms with E-state index in [9.17, 15) is 4.79 Å². The van der Waals surface area contributed by atoms with Crippen LogP contribution in [0.3, 0.4) is 0 Å². The Labute approximate surface area is 184 Å². The van der Waals surface area contributed by atoms with Crippen LogP contribution in [-0.4, -0.2) is 61.6 Å². The van der Waals surface area contributed by atoms with Crippen LogP contribution in [0.2, 0.25) is 5.02 Å². The number of piperazine rings is 1. The molecule has 1 fully saturated rings. The second-order valence-corrected chi connectivity index (χ2v) is 7.86. The minimum absolute atomic E-state index is 0. The van der Waals surface area contributed by atoms with Crippen molar-refractivity contribution in [3.8, 4) is 0 Å². The van der Waals surface area contributed by atoms with Crippen LogP contribution in [0, 0.1) is 0 Å². The minimum Gasteiger partial charge on any atom is -0.368 e. The number of carbonyl (C=O) groups excluding carboxylic acids is 1. The van der Waals surface area contributed by atoms with Crippen molar-refractivity contribution in [1.82, 2.24) is 15.5 Å². The van der Waals surface area contributed by atoms with E-state index in [-0.39, 0.29) is 42.0 Å². The average molecular weight is 508 g/mol. The number of carbonyl (C=O) groups is 1. The Hall–Kier alpha value is -1.22. The molecular weight excluding hydrogens is 477 g/mol. The molecule has 6 nitrogen and oxygen atoms in total. The third-order valence-corrected chi connectivity index (χ3v) is 4.21. The summed E-state index contributed by atoms with van der Waals surface area (Å²) in [6, 6.07) is 7.94. The quantitative estimate of drug-likeness (QED) is 0.374. The molecule has 2 N–H and O–H groups in total. The monoisotopic (exact) mass is 507 g/mol. The number of benzene rings is 1. The SMILES string of the molecule is CCNC(=NCC(=O)NC(C)(C)C)N1CCN(c2cccc(Cl)c2)CC1.I. The third kappa shape index (κ3) is 8.13. The molecule has 1 saturated heterocycles. The van der Waals surface area contributed by atoms with E-state index in [1.165, 1.54) is 0 Å². The van der Waals surface area contributed by atoms with Crippen molar-refractivity contribution < 1.29 is 4.79 Å². The van der Waals surface area contributed by atoms with Crippen LogP contribution in [0.15, 0.2) is 29.3 Å². The highest BCUT2D eigenvalue weighted by Crippen LogP contribution is 2.20. The van der Waals surface area contributed by atoms with Gasteiger partial charge in [0, 0.05) is 49.0 Å². The van der Waals surface area contributed by atoms with Gasteiger partial charge in [-0.15, -0.1) is 24.0 Å². The van der Waals surface area contributed by atoms with E-state index < -0.39 is 0 Å². The number of hydrogen-bond donors (Lipinski definition) is 2. The zero-order valence-electron chi connectivity index (χ0n) is 16.6. The molecule has 1 aromatic carbocycles. The summed E-state index contributed by atoms with van der Waals surface area (Å²) in [6.45, 7) is 12.3. The molecule has 0 unspecified atom stereocenters. The Morgan fingerprint density at radius 3 is 2.44 bits per heavy atom. The second kappa shape index (κ2) is 10.9. The number of rotatable bonds is 4. The van der Waals surface area contributed by atoms with Gasteiger partial charge in [0.05, 0.1) is 0 Å². The number of nitrogens with one attached hydrogen (secondary N) is 2. The van der Waals surface area contributed by atoms with Gasteiger partial charge in [-0.3, -0.25) is 4.79 Å². The van der Waals surface area contributed by atoms with Crippen molar-refractivity contribution in [1.29, 1.82) is 0 Å². The molecule has 0 aromatic heterocycles. The second-order valence-electron chi connectivity index (χ2n) is 7.42. The van der Waals surface area contributed by atoms with Crippen molar-refractivity contribution in [2.75, 3.05) is 44.2 Å². The zero-order valence-corrected chi connectivity index (χ0v) is 19.7. The van der Waals surface area contributed by atoms with Crippen molar-refractivity contribution in [3.63, 3.8) is 0 Å². The first-order chi connectivity index (χ1) is 12.3. The largest absolute Gasteiger partial charge is 0.368 e. The average Bonchev–Trinajstić information content (AvgIpc) is 2.57. The van der Waals surface area contributed by atoms with E-state index in [1.54, 1.807) is 0 Å². The predicted octanol–water partition coefficient (Wildman–Crippen LogP) is 2.96. The lowest BCUT2D eigenvalue weighted by Gasteiger charge is -2.37. The number of halogens is 2. The van der Waals surface area contributed by atoms with Crippen LogP contribution in [0.5, 0.6) is 0 Å². The summed E-state index contributed by atoms with van der Waals surface area (Å²) in [6.07, 6.45) is 0. The van der Waals surface area contributed by atoms with Crippen LogP contribution >= 0.6 is 35.6 Å². The van der Waals surface area contributed by atoms with E-state index in [1.807, 2.05) is 45.9 Å². The normalized spacial score (nSPS) is 15.2. The van der Waals surface area contributed by atoms with Crippen LogP contribution in [-0.2, 0) is 4.79 Å². The van der Waals surface area contributed by atoms with Gasteiger partial charge >= 0.3 is 0 Å². The highest BCUT2D eigenvalue weighted by molar-refractivity contribution is 14.0. The summed E-state index contributed by atoms with van der Waals surface area (Å²) in [5.74, 6) is 0.729. The van der Waals surface area contributed by atoms with Gasteiger partial charge in [0.15, 0.2) is 5.96 Å². The number of amides is 1. The number of aliphatic imine (C=N–C) groups is 1. The zero-order chi connectivity index (χ0) is 19.2. The highest BCUT2D eigenvalue weighted by atomic mass is 127. The molecule has 8 heteroatoms. The lowest BCUT2D eigenvalue weighted by molar-refractivity contribution is -0.121. The Bertz CT molecular complexity index is 639. The van der Waals surface area contributed by atoms with Crippen molar-refractivity contribution in [3.05, 3.63) is 29.3 Å². The van der Waals surface area contributed by atoms with Gasteiger partial charge in [-0.1, -0.05) is 17.7 Å². The van der Waals surface area contributed by atoms with Gasteiger partial charge in [0.25, 0.3) is 0 Å². The van der Waals surface area contributed by atoms with Crippen molar-refractivity contribution >= 4 is 53.1 Å². The standard InChI is InChI=1S/C19H30ClN5O.HI/c1-5-21-18(22-14-17(26)23-19(2,3)4)25-11-9-24(10-12-25)16-8-6-7-15(20)13-16;/h6-8,13H,5,9-12,14H2,1-4H3,(H,21,22)(H,23,26);1H. The summed E-state index contributed by atoms with van der Waals surface area (Å²) in [7, 11) is 0. The Kier molecular flexibility index (Phi) is 9.66. The van der Waals surface area contributed by atoms with E-state index in [4.69, 9.17) is 11.6 Å². The van der Waals surface area contributed by atoms with E-state index in [0.717, 1.165) is 49.4 Å². The summed E-state index contributed by atoms with van der Waals surface area (Å²) in [5, 5.41) is 6.99. The molecule has 0 bridgehead atoms. The van der Waals surface area contributed by atoms with Gasteiger partial charge in [-0.25, -0.2) is 4.99 Å². The fourth-order valence-corrected chi connectivity index (χ4v) is 3.06. The van der Waals surface area contributed by atoms with Crippen LogP contribution in [0.25, 0.3) is 0 Å². The minimum atomic E-state index is -0.243. The molecule has 1 aliphatic rings. The Morgan fingerprint density at radius 2 is 1.89 bits per heavy atom. The number of hydrogen-bond acceptors (Lipinski definition) is 3. The maximum absolute atomic E-state index is 12.0. The van der Waals surface area contributed by atoms with E-state index in [2.05, 4.69) is 31.5 Å². The highest BCUT2D eigenvalue weighted by Gasteiger charge is 2.20. The molecule has 0 aliphatic carbocycles. The van der Waals surface area contributed by atoms with Crippen LogP contribution < -0.4 is 15.5 Å². The van der Waals surface area contributed by atoms with E-state index >= 15 is 0 Å². The van der Waals surface area contributed by atoms with Crippen molar-refractivity contribution in [2.24, 2.45) is 4.99 Å².